The van der Waals surface area contributed by atoms with Gasteiger partial charge in [-0.2, -0.15) is 5.10 Å². The number of benzene rings is 1. The molecule has 5 heteroatoms. The number of para-hydroxylation sites is 1. The third-order valence-electron chi connectivity index (χ3n) is 2.95. The van der Waals surface area contributed by atoms with Gasteiger partial charge in [0, 0.05) is 12.2 Å². The van der Waals surface area contributed by atoms with E-state index in [0.29, 0.717) is 12.1 Å². The van der Waals surface area contributed by atoms with Gasteiger partial charge in [-0.25, -0.2) is 0 Å². The Balaban J connectivity index is 1.90. The number of aromatic nitrogens is 2. The number of nitrogens with zero attached hydrogens (tertiary/aromatic N) is 1. The molecule has 0 radical (unpaired) electrons. The lowest BCUT2D eigenvalue weighted by Crippen LogP contribution is -2.26. The van der Waals surface area contributed by atoms with Crippen LogP contribution < -0.4 is 10.1 Å². The highest BCUT2D eigenvalue weighted by Gasteiger charge is 2.10. The second-order valence-corrected chi connectivity index (χ2v) is 4.23. The Bertz CT molecular complexity index is 563. The molecule has 2 rings (SSSR count). The zero-order valence-corrected chi connectivity index (χ0v) is 11.1. The van der Waals surface area contributed by atoms with Crippen LogP contribution in [0.2, 0.25) is 0 Å². The Labute approximate surface area is 112 Å². The highest BCUT2D eigenvalue weighted by Crippen LogP contribution is 2.17. The van der Waals surface area contributed by atoms with Crippen LogP contribution in [0.4, 0.5) is 0 Å². The summed E-state index contributed by atoms with van der Waals surface area (Å²) in [6, 6.07) is 7.79. The normalized spacial score (nSPS) is 10.2. The number of amides is 1. The van der Waals surface area contributed by atoms with E-state index in [9.17, 15) is 4.79 Å². The minimum Gasteiger partial charge on any atom is -0.496 e. The summed E-state index contributed by atoms with van der Waals surface area (Å²) in [6.45, 7) is 2.38. The molecule has 2 N–H and O–H groups in total. The average Bonchev–Trinajstić information content (AvgIpc) is 2.85. The molecule has 5 nitrogen and oxygen atoms in total. The second-order valence-electron chi connectivity index (χ2n) is 4.23. The van der Waals surface area contributed by atoms with E-state index >= 15 is 0 Å². The van der Waals surface area contributed by atoms with Gasteiger partial charge < -0.3 is 10.1 Å². The van der Waals surface area contributed by atoms with Gasteiger partial charge in [0.25, 0.3) is 5.91 Å². The van der Waals surface area contributed by atoms with Crippen LogP contribution >= 0.6 is 0 Å². The fourth-order valence-electron chi connectivity index (χ4n) is 1.90. The fourth-order valence-corrected chi connectivity index (χ4v) is 1.90. The zero-order chi connectivity index (χ0) is 13.7. The average molecular weight is 259 g/mol. The van der Waals surface area contributed by atoms with Gasteiger partial charge in [-0.05, 0) is 25.0 Å². The third kappa shape index (κ3) is 3.13. The van der Waals surface area contributed by atoms with Crippen molar-refractivity contribution in [3.8, 4) is 5.75 Å². The number of hydrogen-bond donors (Lipinski definition) is 2. The van der Waals surface area contributed by atoms with Crippen LogP contribution in [0.5, 0.6) is 5.75 Å². The molecule has 0 bridgehead atoms. The van der Waals surface area contributed by atoms with Crippen LogP contribution in [0.1, 0.15) is 21.6 Å². The first kappa shape index (κ1) is 13.1. The van der Waals surface area contributed by atoms with Crippen LogP contribution in [-0.4, -0.2) is 29.8 Å². The number of ether oxygens (including phenoxy) is 1. The molecule has 1 amide bonds. The highest BCUT2D eigenvalue weighted by atomic mass is 16.5. The summed E-state index contributed by atoms with van der Waals surface area (Å²) in [5, 5.41) is 9.45. The molecule has 0 atom stereocenters. The van der Waals surface area contributed by atoms with E-state index in [1.54, 1.807) is 7.11 Å². The Morgan fingerprint density at radius 1 is 1.42 bits per heavy atom. The maximum absolute atomic E-state index is 11.9. The third-order valence-corrected chi connectivity index (χ3v) is 2.95. The van der Waals surface area contributed by atoms with E-state index in [1.807, 2.05) is 31.2 Å². The molecule has 0 aliphatic carbocycles. The van der Waals surface area contributed by atoms with Crippen molar-refractivity contribution in [3.63, 3.8) is 0 Å². The van der Waals surface area contributed by atoms with Crippen LogP contribution in [0.3, 0.4) is 0 Å². The molecule has 2 aromatic rings. The number of carbonyl (C=O) groups is 1. The van der Waals surface area contributed by atoms with Gasteiger partial charge in [-0.15, -0.1) is 0 Å². The zero-order valence-electron chi connectivity index (χ0n) is 11.1. The van der Waals surface area contributed by atoms with Gasteiger partial charge in [-0.1, -0.05) is 18.2 Å². The first-order chi connectivity index (χ1) is 9.22. The van der Waals surface area contributed by atoms with Crippen molar-refractivity contribution in [1.29, 1.82) is 0 Å². The van der Waals surface area contributed by atoms with Crippen molar-refractivity contribution in [2.75, 3.05) is 13.7 Å². The molecule has 1 aromatic heterocycles. The molecule has 100 valence electrons. The van der Waals surface area contributed by atoms with Gasteiger partial charge in [0.2, 0.25) is 0 Å². The number of carbonyl (C=O) groups excluding carboxylic acids is 1. The van der Waals surface area contributed by atoms with Crippen LogP contribution in [0.25, 0.3) is 0 Å². The molecule has 19 heavy (non-hydrogen) atoms. The molecule has 1 heterocycles. The summed E-state index contributed by atoms with van der Waals surface area (Å²) < 4.78 is 5.27. The van der Waals surface area contributed by atoms with E-state index < -0.39 is 0 Å². The SMILES string of the molecule is COc1ccccc1CCNC(=O)c1cn[nH]c1C. The largest absolute Gasteiger partial charge is 0.496 e. The number of rotatable bonds is 5. The molecule has 0 spiro atoms. The Morgan fingerprint density at radius 2 is 2.21 bits per heavy atom. The molecular weight excluding hydrogens is 242 g/mol. The lowest BCUT2D eigenvalue weighted by atomic mass is 10.1. The quantitative estimate of drug-likeness (QED) is 0.858. The van der Waals surface area contributed by atoms with Crippen LogP contribution in [0.15, 0.2) is 30.5 Å². The van der Waals surface area contributed by atoms with Gasteiger partial charge >= 0.3 is 0 Å². The topological polar surface area (TPSA) is 67.0 Å². The molecule has 0 saturated carbocycles. The van der Waals surface area contributed by atoms with Crippen LogP contribution in [-0.2, 0) is 6.42 Å². The Morgan fingerprint density at radius 3 is 2.89 bits per heavy atom. The number of aryl methyl sites for hydroxylation is 1. The molecule has 0 aliphatic heterocycles. The minimum atomic E-state index is -0.110. The Kier molecular flexibility index (Phi) is 4.18. The molecular formula is C14H17N3O2. The van der Waals surface area contributed by atoms with Crippen molar-refractivity contribution < 1.29 is 9.53 Å². The van der Waals surface area contributed by atoms with Crippen molar-refractivity contribution in [2.24, 2.45) is 0 Å². The van der Waals surface area contributed by atoms with Gasteiger partial charge in [0.15, 0.2) is 0 Å². The second kappa shape index (κ2) is 6.04. The summed E-state index contributed by atoms with van der Waals surface area (Å²) in [4.78, 5) is 11.9. The van der Waals surface area contributed by atoms with Crippen LogP contribution in [0, 0.1) is 6.92 Å². The Hall–Kier alpha value is -2.30. The smallest absolute Gasteiger partial charge is 0.254 e. The first-order valence-electron chi connectivity index (χ1n) is 6.12. The molecule has 0 fully saturated rings. The van der Waals surface area contributed by atoms with Crippen molar-refractivity contribution in [1.82, 2.24) is 15.5 Å². The fraction of sp³-hybridized carbons (Fsp3) is 0.286. The minimum absolute atomic E-state index is 0.110. The maximum Gasteiger partial charge on any atom is 0.254 e. The molecule has 0 aliphatic rings. The van der Waals surface area contributed by atoms with Gasteiger partial charge in [-0.3, -0.25) is 9.89 Å². The lowest BCUT2D eigenvalue weighted by Gasteiger charge is -2.08. The van der Waals surface area contributed by atoms with E-state index in [4.69, 9.17) is 4.74 Å². The van der Waals surface area contributed by atoms with E-state index in [1.165, 1.54) is 6.20 Å². The van der Waals surface area contributed by atoms with E-state index in [2.05, 4.69) is 15.5 Å². The van der Waals surface area contributed by atoms with Crippen molar-refractivity contribution in [2.45, 2.75) is 13.3 Å². The van der Waals surface area contributed by atoms with Crippen molar-refractivity contribution in [3.05, 3.63) is 47.3 Å². The predicted octanol–water partition coefficient (Wildman–Crippen LogP) is 1.70. The number of aromatic amines is 1. The summed E-state index contributed by atoms with van der Waals surface area (Å²) in [7, 11) is 1.65. The first-order valence-corrected chi connectivity index (χ1v) is 6.12. The summed E-state index contributed by atoms with van der Waals surface area (Å²) in [5.74, 6) is 0.734. The van der Waals surface area contributed by atoms with Gasteiger partial charge in [0.1, 0.15) is 5.75 Å². The number of nitrogens with one attached hydrogen (secondary N) is 2. The number of hydrogen-bond acceptors (Lipinski definition) is 3. The van der Waals surface area contributed by atoms with E-state index in [0.717, 1.165) is 23.4 Å². The molecule has 1 aromatic carbocycles. The van der Waals surface area contributed by atoms with E-state index in [-0.39, 0.29) is 5.91 Å². The molecule has 0 saturated heterocycles. The highest BCUT2D eigenvalue weighted by molar-refractivity contribution is 5.94. The van der Waals surface area contributed by atoms with Crippen molar-refractivity contribution >= 4 is 5.91 Å². The number of methoxy groups -OCH3 is 1. The van der Waals surface area contributed by atoms with Gasteiger partial charge in [0.05, 0.1) is 18.9 Å². The standard InChI is InChI=1S/C14H17N3O2/c1-10-12(9-16-17-10)14(18)15-8-7-11-5-3-4-6-13(11)19-2/h3-6,9H,7-8H2,1-2H3,(H,15,18)(H,16,17). The predicted molar refractivity (Wildman–Crippen MR) is 72.4 cm³/mol. The summed E-state index contributed by atoms with van der Waals surface area (Å²) in [6.07, 6.45) is 2.26. The maximum atomic E-state index is 11.9. The monoisotopic (exact) mass is 259 g/mol. The lowest BCUT2D eigenvalue weighted by molar-refractivity contribution is 0.0953. The molecule has 0 unspecified atom stereocenters. The number of H-pyrrole nitrogens is 1. The summed E-state index contributed by atoms with van der Waals surface area (Å²) in [5.41, 5.74) is 2.43. The summed E-state index contributed by atoms with van der Waals surface area (Å²) >= 11 is 0.